The highest BCUT2D eigenvalue weighted by Crippen LogP contribution is 2.30. The Morgan fingerprint density at radius 2 is 1.78 bits per heavy atom. The van der Waals surface area contributed by atoms with Crippen molar-refractivity contribution in [2.24, 2.45) is 0 Å². The molecule has 1 unspecified atom stereocenters. The molecule has 0 aliphatic rings. The molecule has 0 saturated carbocycles. The van der Waals surface area contributed by atoms with Gasteiger partial charge in [-0.05, 0) is 24.6 Å². The van der Waals surface area contributed by atoms with E-state index in [9.17, 15) is 5.11 Å². The number of hydrogen-bond donors (Lipinski definition) is 1. The van der Waals surface area contributed by atoms with Gasteiger partial charge >= 0.3 is 0 Å². The monoisotopic (exact) mass is 265 g/mol. The summed E-state index contributed by atoms with van der Waals surface area (Å²) < 4.78 is 10.4. The van der Waals surface area contributed by atoms with Crippen molar-refractivity contribution in [3.8, 4) is 11.5 Å². The number of benzene rings is 1. The van der Waals surface area contributed by atoms with Crippen LogP contribution >= 0.6 is 11.3 Å². The van der Waals surface area contributed by atoms with E-state index in [-0.39, 0.29) is 0 Å². The number of ether oxygens (including phenoxy) is 2. The number of aromatic nitrogens is 1. The zero-order valence-electron chi connectivity index (χ0n) is 10.5. The molecule has 0 amide bonds. The zero-order chi connectivity index (χ0) is 13.1. The minimum absolute atomic E-state index is 0.646. The number of aryl methyl sites for hydroxylation is 1. The Morgan fingerprint density at radius 1 is 1.17 bits per heavy atom. The molecule has 96 valence electrons. The van der Waals surface area contributed by atoms with Gasteiger partial charge in [0.15, 0.2) is 0 Å². The van der Waals surface area contributed by atoms with Gasteiger partial charge in [-0.3, -0.25) is 0 Å². The number of nitrogens with zero attached hydrogens (tertiary/aromatic N) is 1. The van der Waals surface area contributed by atoms with E-state index in [0.717, 1.165) is 5.01 Å². The molecule has 2 rings (SSSR count). The Bertz CT molecular complexity index is 517. The molecule has 1 aromatic carbocycles. The fourth-order valence-corrected chi connectivity index (χ4v) is 2.29. The Hall–Kier alpha value is -1.59. The van der Waals surface area contributed by atoms with Gasteiger partial charge in [-0.25, -0.2) is 4.98 Å². The molecule has 2 aromatic rings. The highest BCUT2D eigenvalue weighted by molar-refractivity contribution is 7.09. The van der Waals surface area contributed by atoms with Crippen molar-refractivity contribution in [1.82, 2.24) is 4.98 Å². The topological polar surface area (TPSA) is 51.6 Å². The van der Waals surface area contributed by atoms with Crippen LogP contribution < -0.4 is 9.47 Å². The van der Waals surface area contributed by atoms with Gasteiger partial charge in [0.2, 0.25) is 0 Å². The van der Waals surface area contributed by atoms with Gasteiger partial charge in [-0.15, -0.1) is 11.3 Å². The van der Waals surface area contributed by atoms with Crippen molar-refractivity contribution in [3.05, 3.63) is 39.8 Å². The molecule has 4 nitrogen and oxygen atoms in total. The predicted molar refractivity (Wildman–Crippen MR) is 70.5 cm³/mol. The molecule has 0 fully saturated rings. The van der Waals surface area contributed by atoms with Crippen LogP contribution in [0, 0.1) is 6.92 Å². The Labute approximate surface area is 110 Å². The minimum atomic E-state index is -0.765. The van der Waals surface area contributed by atoms with Crippen molar-refractivity contribution in [2.75, 3.05) is 14.2 Å². The molecular weight excluding hydrogens is 250 g/mol. The maximum Gasteiger partial charge on any atom is 0.122 e. The summed E-state index contributed by atoms with van der Waals surface area (Å²) in [5.74, 6) is 1.30. The molecule has 1 atom stereocenters. The van der Waals surface area contributed by atoms with Gasteiger partial charge in [0.1, 0.15) is 17.6 Å². The SMILES string of the molecule is COc1cc(OC)cc(C(O)c2csc(C)n2)c1. The quantitative estimate of drug-likeness (QED) is 0.923. The second kappa shape index (κ2) is 5.37. The van der Waals surface area contributed by atoms with Gasteiger partial charge in [0.25, 0.3) is 0 Å². The van der Waals surface area contributed by atoms with Crippen molar-refractivity contribution >= 4 is 11.3 Å². The van der Waals surface area contributed by atoms with Crippen LogP contribution in [0.4, 0.5) is 0 Å². The summed E-state index contributed by atoms with van der Waals surface area (Å²) in [6, 6.07) is 5.33. The van der Waals surface area contributed by atoms with Gasteiger partial charge in [-0.1, -0.05) is 0 Å². The maximum absolute atomic E-state index is 10.3. The van der Waals surface area contributed by atoms with Crippen LogP contribution in [0.15, 0.2) is 23.6 Å². The first-order valence-electron chi connectivity index (χ1n) is 5.47. The third-order valence-electron chi connectivity index (χ3n) is 2.61. The first-order chi connectivity index (χ1) is 8.63. The summed E-state index contributed by atoms with van der Waals surface area (Å²) >= 11 is 1.51. The van der Waals surface area contributed by atoms with E-state index >= 15 is 0 Å². The number of aliphatic hydroxyl groups excluding tert-OH is 1. The predicted octanol–water partition coefficient (Wildman–Crippen LogP) is 2.55. The van der Waals surface area contributed by atoms with E-state index in [4.69, 9.17) is 9.47 Å². The Morgan fingerprint density at radius 3 is 2.22 bits per heavy atom. The average molecular weight is 265 g/mol. The van der Waals surface area contributed by atoms with Crippen molar-refractivity contribution < 1.29 is 14.6 Å². The number of rotatable bonds is 4. The minimum Gasteiger partial charge on any atom is -0.497 e. The second-order valence-corrected chi connectivity index (χ2v) is 4.90. The van der Waals surface area contributed by atoms with E-state index < -0.39 is 6.10 Å². The lowest BCUT2D eigenvalue weighted by Crippen LogP contribution is -2.01. The average Bonchev–Trinajstić information content (AvgIpc) is 2.83. The van der Waals surface area contributed by atoms with Crippen LogP contribution in [0.25, 0.3) is 0 Å². The van der Waals surface area contributed by atoms with Crippen LogP contribution in [-0.4, -0.2) is 24.3 Å². The van der Waals surface area contributed by atoms with Gasteiger partial charge < -0.3 is 14.6 Å². The lowest BCUT2D eigenvalue weighted by Gasteiger charge is -2.12. The molecular formula is C13H15NO3S. The molecule has 0 saturated heterocycles. The normalized spacial score (nSPS) is 12.2. The molecule has 0 bridgehead atoms. The van der Waals surface area contributed by atoms with Crippen molar-refractivity contribution in [2.45, 2.75) is 13.0 Å². The maximum atomic E-state index is 10.3. The van der Waals surface area contributed by atoms with Crippen LogP contribution in [0.2, 0.25) is 0 Å². The number of hydrogen-bond acceptors (Lipinski definition) is 5. The lowest BCUT2D eigenvalue weighted by molar-refractivity contribution is 0.215. The third kappa shape index (κ3) is 2.63. The molecule has 0 aliphatic carbocycles. The van der Waals surface area contributed by atoms with E-state index in [1.807, 2.05) is 12.3 Å². The summed E-state index contributed by atoms with van der Waals surface area (Å²) in [6.07, 6.45) is -0.765. The van der Waals surface area contributed by atoms with Gasteiger partial charge in [-0.2, -0.15) is 0 Å². The second-order valence-electron chi connectivity index (χ2n) is 3.84. The molecule has 1 aromatic heterocycles. The summed E-state index contributed by atoms with van der Waals surface area (Å²) in [7, 11) is 3.16. The van der Waals surface area contributed by atoms with Crippen LogP contribution in [0.3, 0.4) is 0 Å². The molecule has 5 heteroatoms. The van der Waals surface area contributed by atoms with Crippen molar-refractivity contribution in [1.29, 1.82) is 0 Å². The molecule has 18 heavy (non-hydrogen) atoms. The summed E-state index contributed by atoms with van der Waals surface area (Å²) in [5.41, 5.74) is 1.35. The highest BCUT2D eigenvalue weighted by atomic mass is 32.1. The zero-order valence-corrected chi connectivity index (χ0v) is 11.3. The highest BCUT2D eigenvalue weighted by Gasteiger charge is 2.15. The van der Waals surface area contributed by atoms with E-state index in [0.29, 0.717) is 22.8 Å². The number of methoxy groups -OCH3 is 2. The van der Waals surface area contributed by atoms with E-state index in [1.165, 1.54) is 11.3 Å². The summed E-state index contributed by atoms with van der Waals surface area (Å²) in [6.45, 7) is 1.91. The molecule has 0 spiro atoms. The molecule has 0 radical (unpaired) electrons. The summed E-state index contributed by atoms with van der Waals surface area (Å²) in [5, 5.41) is 13.1. The van der Waals surface area contributed by atoms with E-state index in [1.54, 1.807) is 32.4 Å². The molecule has 0 aliphatic heterocycles. The van der Waals surface area contributed by atoms with Gasteiger partial charge in [0.05, 0.1) is 24.9 Å². The summed E-state index contributed by atoms with van der Waals surface area (Å²) in [4.78, 5) is 4.28. The largest absolute Gasteiger partial charge is 0.497 e. The lowest BCUT2D eigenvalue weighted by atomic mass is 10.1. The Balaban J connectivity index is 2.37. The van der Waals surface area contributed by atoms with Crippen LogP contribution in [0.5, 0.6) is 11.5 Å². The fourth-order valence-electron chi connectivity index (χ4n) is 1.66. The molecule has 1 N–H and O–H groups in total. The van der Waals surface area contributed by atoms with Crippen LogP contribution in [0.1, 0.15) is 22.4 Å². The number of thiazole rings is 1. The van der Waals surface area contributed by atoms with Gasteiger partial charge in [0, 0.05) is 11.4 Å². The fraction of sp³-hybridized carbons (Fsp3) is 0.308. The van der Waals surface area contributed by atoms with Crippen molar-refractivity contribution in [3.63, 3.8) is 0 Å². The van der Waals surface area contributed by atoms with E-state index in [2.05, 4.69) is 4.98 Å². The number of aliphatic hydroxyl groups is 1. The Kier molecular flexibility index (Phi) is 3.84. The first kappa shape index (κ1) is 12.9. The molecule has 1 heterocycles. The van der Waals surface area contributed by atoms with Crippen LogP contribution in [-0.2, 0) is 0 Å². The smallest absolute Gasteiger partial charge is 0.122 e. The standard InChI is InChI=1S/C13H15NO3S/c1-8-14-12(7-18-8)13(15)9-4-10(16-2)6-11(5-9)17-3/h4-7,13,15H,1-3H3. The third-order valence-corrected chi connectivity index (χ3v) is 3.40. The first-order valence-corrected chi connectivity index (χ1v) is 6.35.